The van der Waals surface area contributed by atoms with Crippen LogP contribution in [0.1, 0.15) is 45.4 Å². The Bertz CT molecular complexity index is 230. The van der Waals surface area contributed by atoms with Gasteiger partial charge in [0.25, 0.3) is 15.2 Å². The van der Waals surface area contributed by atoms with E-state index in [0.29, 0.717) is 0 Å². The first-order valence-corrected chi connectivity index (χ1v) is 8.18. The van der Waals surface area contributed by atoms with Crippen molar-refractivity contribution in [1.82, 2.24) is 0 Å². The lowest BCUT2D eigenvalue weighted by Gasteiger charge is -2.00. The van der Waals surface area contributed by atoms with Crippen molar-refractivity contribution < 1.29 is 0 Å². The van der Waals surface area contributed by atoms with Gasteiger partial charge >= 0.3 is 0 Å². The molecule has 0 amide bonds. The smallest absolute Gasteiger partial charge is 0.116 e. The van der Waals surface area contributed by atoms with Crippen LogP contribution in [-0.2, 0) is 0 Å². The highest BCUT2D eigenvalue weighted by Crippen LogP contribution is 2.06. The fourth-order valence-electron chi connectivity index (χ4n) is 1.93. The number of rotatable bonds is 8. The van der Waals surface area contributed by atoms with Gasteiger partial charge in [-0.25, -0.2) is 0 Å². The molecule has 0 aromatic heterocycles. The summed E-state index contributed by atoms with van der Waals surface area (Å²) in [5, 5.41) is 1.50. The zero-order valence-electron chi connectivity index (χ0n) is 10.0. The van der Waals surface area contributed by atoms with Crippen molar-refractivity contribution in [2.24, 2.45) is 0 Å². The molecule has 1 aromatic rings. The lowest BCUT2D eigenvalue weighted by molar-refractivity contribution is 0.624. The van der Waals surface area contributed by atoms with Crippen molar-refractivity contribution >= 4 is 19.6 Å². The van der Waals surface area contributed by atoms with Crippen molar-refractivity contribution in [1.29, 1.82) is 0 Å². The molecule has 0 N–H and O–H groups in total. The largest absolute Gasteiger partial charge is 0.282 e. The van der Waals surface area contributed by atoms with Crippen molar-refractivity contribution in [2.45, 2.75) is 50.7 Å². The minimum Gasteiger partial charge on any atom is -0.116 e. The van der Waals surface area contributed by atoms with E-state index in [1.165, 1.54) is 43.8 Å². The van der Waals surface area contributed by atoms with E-state index in [0.717, 1.165) is 0 Å². The molecule has 82 valence electrons. The summed E-state index contributed by atoms with van der Waals surface area (Å²) in [7, 11) is 0. The fourth-order valence-corrected chi connectivity index (χ4v) is 3.55. The van der Waals surface area contributed by atoms with E-state index >= 15 is 0 Å². The quantitative estimate of drug-likeness (QED) is 0.462. The highest BCUT2D eigenvalue weighted by Gasteiger charge is 1.96. The Morgan fingerprint density at radius 1 is 0.867 bits per heavy atom. The standard InChI is InChI=1S/C8H17.C6H5.Al.H/c1-3-5-7-8-6-4-2;1-2-4-6-5-3-1;;/h1,3-8H2,2H3;1-5H;;. The van der Waals surface area contributed by atoms with Gasteiger partial charge in [-0.05, 0) is 0 Å². The minimum atomic E-state index is 0.0491. The lowest BCUT2D eigenvalue weighted by atomic mass is 10.1. The zero-order chi connectivity index (χ0) is 10.8. The molecule has 1 rings (SSSR count). The molecule has 0 fully saturated rings. The van der Waals surface area contributed by atoms with Gasteiger partial charge in [0.15, 0.2) is 0 Å². The summed E-state index contributed by atoms with van der Waals surface area (Å²) in [4.78, 5) is 0. The predicted octanol–water partition coefficient (Wildman–Crippen LogP) is 3.53. The molecule has 0 saturated heterocycles. The number of benzene rings is 1. The molecule has 0 aliphatic rings. The highest BCUT2D eigenvalue weighted by atomic mass is 27.1. The van der Waals surface area contributed by atoms with Gasteiger partial charge in [-0.2, -0.15) is 0 Å². The van der Waals surface area contributed by atoms with Crippen LogP contribution >= 0.6 is 0 Å². The first-order valence-electron chi connectivity index (χ1n) is 6.47. The van der Waals surface area contributed by atoms with Crippen LogP contribution in [0.4, 0.5) is 0 Å². The summed E-state index contributed by atoms with van der Waals surface area (Å²) < 4.78 is 1.63. The topological polar surface area (TPSA) is 0 Å². The predicted molar refractivity (Wildman–Crippen MR) is 71.4 cm³/mol. The first kappa shape index (κ1) is 12.8. The van der Waals surface area contributed by atoms with E-state index in [1.54, 1.807) is 4.43 Å². The maximum atomic E-state index is 2.29. The Labute approximate surface area is 101 Å². The van der Waals surface area contributed by atoms with Crippen LogP contribution in [0.5, 0.6) is 0 Å². The van der Waals surface area contributed by atoms with Crippen molar-refractivity contribution in [3.05, 3.63) is 30.3 Å². The summed E-state index contributed by atoms with van der Waals surface area (Å²) in [6, 6.07) is 11.0. The summed E-state index contributed by atoms with van der Waals surface area (Å²) >= 11 is 0.0491. The van der Waals surface area contributed by atoms with Crippen LogP contribution in [0, 0.1) is 0 Å². The van der Waals surface area contributed by atoms with Crippen LogP contribution in [0.2, 0.25) is 5.28 Å². The van der Waals surface area contributed by atoms with Crippen LogP contribution in [0.15, 0.2) is 30.3 Å². The third kappa shape index (κ3) is 6.77. The summed E-state index contributed by atoms with van der Waals surface area (Å²) in [6.07, 6.45) is 8.61. The second-order valence-corrected chi connectivity index (χ2v) is 6.38. The minimum absolute atomic E-state index is 0.0491. The molecule has 1 heteroatoms. The molecule has 0 aliphatic heterocycles. The van der Waals surface area contributed by atoms with Gasteiger partial charge in [-0.1, -0.05) is 81.1 Å². The van der Waals surface area contributed by atoms with Crippen LogP contribution in [0.25, 0.3) is 0 Å². The molecule has 0 radical (unpaired) electrons. The Morgan fingerprint density at radius 2 is 1.53 bits per heavy atom. The SMILES string of the molecule is CCCCCCC[CH2][AlH][c]1ccccc1. The van der Waals surface area contributed by atoms with Crippen LogP contribution in [-0.4, -0.2) is 15.2 Å². The number of hydrogen-bond acceptors (Lipinski definition) is 0. The van der Waals surface area contributed by atoms with Gasteiger partial charge in [0.2, 0.25) is 0 Å². The number of hydrogen-bond donors (Lipinski definition) is 0. The second kappa shape index (κ2) is 9.01. The van der Waals surface area contributed by atoms with Gasteiger partial charge < -0.3 is 0 Å². The Kier molecular flexibility index (Phi) is 7.70. The van der Waals surface area contributed by atoms with Gasteiger partial charge in [0.1, 0.15) is 0 Å². The van der Waals surface area contributed by atoms with E-state index in [9.17, 15) is 0 Å². The lowest BCUT2D eigenvalue weighted by Crippen LogP contribution is -2.12. The molecule has 0 heterocycles. The average molecular weight is 218 g/mol. The molecule has 0 nitrogen and oxygen atoms in total. The summed E-state index contributed by atoms with van der Waals surface area (Å²) in [5.74, 6) is 0. The first-order chi connectivity index (χ1) is 7.43. The zero-order valence-corrected chi connectivity index (χ0v) is 11.5. The summed E-state index contributed by atoms with van der Waals surface area (Å²) in [5.41, 5.74) is 0. The van der Waals surface area contributed by atoms with Gasteiger partial charge in [0, 0.05) is 0 Å². The van der Waals surface area contributed by atoms with E-state index in [-0.39, 0.29) is 15.2 Å². The molecular formula is C14H23Al. The van der Waals surface area contributed by atoms with Crippen LogP contribution < -0.4 is 4.43 Å². The maximum Gasteiger partial charge on any atom is 0.282 e. The van der Waals surface area contributed by atoms with Crippen molar-refractivity contribution in [2.75, 3.05) is 0 Å². The normalized spacial score (nSPS) is 10.2. The third-order valence-corrected chi connectivity index (χ3v) is 4.81. The molecule has 0 bridgehead atoms. The van der Waals surface area contributed by atoms with Gasteiger partial charge in [0.05, 0.1) is 0 Å². The van der Waals surface area contributed by atoms with Crippen LogP contribution in [0.3, 0.4) is 0 Å². The Balaban J connectivity index is 1.93. The molecule has 0 spiro atoms. The Hall–Kier alpha value is -0.248. The molecule has 15 heavy (non-hydrogen) atoms. The molecule has 0 unspecified atom stereocenters. The Morgan fingerprint density at radius 3 is 2.27 bits per heavy atom. The van der Waals surface area contributed by atoms with E-state index < -0.39 is 0 Å². The molecule has 0 aliphatic carbocycles. The highest BCUT2D eigenvalue weighted by molar-refractivity contribution is 6.53. The second-order valence-electron chi connectivity index (χ2n) is 4.36. The van der Waals surface area contributed by atoms with Crippen molar-refractivity contribution in [3.8, 4) is 0 Å². The van der Waals surface area contributed by atoms with E-state index in [1.807, 2.05) is 0 Å². The molecule has 0 saturated carbocycles. The van der Waals surface area contributed by atoms with Gasteiger partial charge in [-0.15, -0.1) is 4.43 Å². The number of unbranched alkanes of at least 4 members (excludes halogenated alkanes) is 5. The fraction of sp³-hybridized carbons (Fsp3) is 0.571. The summed E-state index contributed by atoms with van der Waals surface area (Å²) in [6.45, 7) is 2.28. The van der Waals surface area contributed by atoms with Gasteiger partial charge in [-0.3, -0.25) is 0 Å². The average Bonchev–Trinajstić information content (AvgIpc) is 2.29. The maximum absolute atomic E-state index is 2.29. The molecule has 0 atom stereocenters. The monoisotopic (exact) mass is 218 g/mol. The molecular weight excluding hydrogens is 195 g/mol. The molecule has 1 aromatic carbocycles. The third-order valence-electron chi connectivity index (χ3n) is 2.91. The van der Waals surface area contributed by atoms with E-state index in [4.69, 9.17) is 0 Å². The van der Waals surface area contributed by atoms with E-state index in [2.05, 4.69) is 37.3 Å². The van der Waals surface area contributed by atoms with Crippen molar-refractivity contribution in [3.63, 3.8) is 0 Å².